The van der Waals surface area contributed by atoms with Gasteiger partial charge in [0, 0.05) is 12.6 Å². The first-order valence-electron chi connectivity index (χ1n) is 7.54. The molecule has 0 aromatic heterocycles. The number of hydrogen-bond acceptors (Lipinski definition) is 2. The third kappa shape index (κ3) is 4.32. The molecule has 1 saturated heterocycles. The normalized spacial score (nSPS) is 20.7. The molecule has 2 rings (SSSR count). The largest absolute Gasteiger partial charge is 0.378 e. The molecule has 2 unspecified atom stereocenters. The summed E-state index contributed by atoms with van der Waals surface area (Å²) in [5.41, 5.74) is 4.21. The maximum absolute atomic E-state index is 5.71. The van der Waals surface area contributed by atoms with Gasteiger partial charge in [-0.15, -0.1) is 0 Å². The number of aryl methyl sites for hydroxylation is 2. The number of benzene rings is 1. The molecule has 0 amide bonds. The van der Waals surface area contributed by atoms with Gasteiger partial charge >= 0.3 is 0 Å². The number of ether oxygens (including phenoxy) is 1. The van der Waals surface area contributed by atoms with E-state index < -0.39 is 0 Å². The third-order valence-corrected chi connectivity index (χ3v) is 4.32. The van der Waals surface area contributed by atoms with E-state index in [1.165, 1.54) is 42.4 Å². The summed E-state index contributed by atoms with van der Waals surface area (Å²) in [5, 5.41) is 3.45. The molecule has 19 heavy (non-hydrogen) atoms. The van der Waals surface area contributed by atoms with E-state index in [0.29, 0.717) is 12.1 Å². The van der Waals surface area contributed by atoms with Crippen molar-refractivity contribution in [2.24, 2.45) is 0 Å². The Morgan fingerprint density at radius 1 is 1.32 bits per heavy atom. The van der Waals surface area contributed by atoms with Gasteiger partial charge in [-0.1, -0.05) is 18.2 Å². The fourth-order valence-electron chi connectivity index (χ4n) is 2.82. The van der Waals surface area contributed by atoms with E-state index >= 15 is 0 Å². The molecule has 2 nitrogen and oxygen atoms in total. The molecule has 1 N–H and O–H groups in total. The first kappa shape index (κ1) is 14.5. The van der Waals surface area contributed by atoms with E-state index in [9.17, 15) is 0 Å². The van der Waals surface area contributed by atoms with Gasteiger partial charge < -0.3 is 10.1 Å². The van der Waals surface area contributed by atoms with Crippen molar-refractivity contribution in [1.29, 1.82) is 0 Å². The van der Waals surface area contributed by atoms with Crippen molar-refractivity contribution in [1.82, 2.24) is 5.32 Å². The molecule has 0 bridgehead atoms. The highest BCUT2D eigenvalue weighted by atomic mass is 16.5. The molecule has 0 radical (unpaired) electrons. The van der Waals surface area contributed by atoms with Crippen LogP contribution in [0.4, 0.5) is 0 Å². The van der Waals surface area contributed by atoms with Crippen molar-refractivity contribution in [3.05, 3.63) is 34.9 Å². The van der Waals surface area contributed by atoms with Crippen LogP contribution in [0, 0.1) is 13.8 Å². The standard InChI is InChI=1S/C17H27NO/c1-13-6-7-15(11-14(13)2)12-16(18-3)8-9-17-5-4-10-19-17/h6-7,11,16-18H,4-5,8-10,12H2,1-3H3. The van der Waals surface area contributed by atoms with Crippen LogP contribution in [0.15, 0.2) is 18.2 Å². The first-order chi connectivity index (χ1) is 9.19. The fourth-order valence-corrected chi connectivity index (χ4v) is 2.82. The average molecular weight is 261 g/mol. The molecule has 1 fully saturated rings. The molecule has 2 heteroatoms. The molecule has 2 atom stereocenters. The lowest BCUT2D eigenvalue weighted by Crippen LogP contribution is -2.28. The van der Waals surface area contributed by atoms with Gasteiger partial charge in [0.05, 0.1) is 6.10 Å². The minimum Gasteiger partial charge on any atom is -0.378 e. The Kier molecular flexibility index (Phi) is 5.41. The summed E-state index contributed by atoms with van der Waals surface area (Å²) in [6, 6.07) is 7.38. The monoisotopic (exact) mass is 261 g/mol. The molecule has 0 spiro atoms. The SMILES string of the molecule is CNC(CCC1CCCO1)Cc1ccc(C)c(C)c1. The molecule has 106 valence electrons. The summed E-state index contributed by atoms with van der Waals surface area (Å²) < 4.78 is 5.71. The second-order valence-electron chi connectivity index (χ2n) is 5.82. The van der Waals surface area contributed by atoms with Gasteiger partial charge in [-0.05, 0) is 69.7 Å². The van der Waals surface area contributed by atoms with E-state index in [-0.39, 0.29) is 0 Å². The lowest BCUT2D eigenvalue weighted by molar-refractivity contribution is 0.0998. The van der Waals surface area contributed by atoms with E-state index in [0.717, 1.165) is 13.0 Å². The van der Waals surface area contributed by atoms with Crippen LogP contribution in [0.1, 0.15) is 42.4 Å². The molecule has 1 aliphatic heterocycles. The van der Waals surface area contributed by atoms with Crippen LogP contribution in [-0.4, -0.2) is 25.8 Å². The van der Waals surface area contributed by atoms with Crippen molar-refractivity contribution in [3.63, 3.8) is 0 Å². The van der Waals surface area contributed by atoms with Crippen LogP contribution >= 0.6 is 0 Å². The quantitative estimate of drug-likeness (QED) is 0.847. The van der Waals surface area contributed by atoms with Crippen LogP contribution in [0.3, 0.4) is 0 Å². The smallest absolute Gasteiger partial charge is 0.0576 e. The maximum Gasteiger partial charge on any atom is 0.0576 e. The summed E-state index contributed by atoms with van der Waals surface area (Å²) >= 11 is 0. The summed E-state index contributed by atoms with van der Waals surface area (Å²) in [5.74, 6) is 0. The van der Waals surface area contributed by atoms with Gasteiger partial charge in [0.1, 0.15) is 0 Å². The number of likely N-dealkylation sites (N-methyl/N-ethyl adjacent to an activating group) is 1. The summed E-state index contributed by atoms with van der Waals surface area (Å²) in [4.78, 5) is 0. The van der Waals surface area contributed by atoms with Gasteiger partial charge in [0.2, 0.25) is 0 Å². The fraction of sp³-hybridized carbons (Fsp3) is 0.647. The minimum absolute atomic E-state index is 0.510. The Bertz CT molecular complexity index is 396. The van der Waals surface area contributed by atoms with Crippen LogP contribution in [0.25, 0.3) is 0 Å². The molecular formula is C17H27NO. The highest BCUT2D eigenvalue weighted by molar-refractivity contribution is 5.30. The van der Waals surface area contributed by atoms with Gasteiger partial charge in [-0.3, -0.25) is 0 Å². The summed E-state index contributed by atoms with van der Waals surface area (Å²) in [6.45, 7) is 5.33. The highest BCUT2D eigenvalue weighted by Crippen LogP contribution is 2.19. The number of rotatable bonds is 6. The predicted molar refractivity (Wildman–Crippen MR) is 80.7 cm³/mol. The zero-order chi connectivity index (χ0) is 13.7. The molecule has 0 saturated carbocycles. The zero-order valence-electron chi connectivity index (χ0n) is 12.5. The van der Waals surface area contributed by atoms with Gasteiger partial charge in [0.15, 0.2) is 0 Å². The second kappa shape index (κ2) is 7.06. The Morgan fingerprint density at radius 2 is 2.16 bits per heavy atom. The Morgan fingerprint density at radius 3 is 2.79 bits per heavy atom. The number of hydrogen-bond donors (Lipinski definition) is 1. The van der Waals surface area contributed by atoms with Gasteiger partial charge in [0.25, 0.3) is 0 Å². The second-order valence-corrected chi connectivity index (χ2v) is 5.82. The molecule has 1 heterocycles. The van der Waals surface area contributed by atoms with E-state index in [2.05, 4.69) is 44.4 Å². The average Bonchev–Trinajstić information content (AvgIpc) is 2.92. The topological polar surface area (TPSA) is 21.3 Å². The van der Waals surface area contributed by atoms with Crippen molar-refractivity contribution in [2.45, 2.75) is 58.1 Å². The Hall–Kier alpha value is -0.860. The maximum atomic E-state index is 5.71. The van der Waals surface area contributed by atoms with Crippen LogP contribution in [-0.2, 0) is 11.2 Å². The molecule has 1 aromatic rings. The molecular weight excluding hydrogens is 234 g/mol. The van der Waals surface area contributed by atoms with Crippen molar-refractivity contribution < 1.29 is 4.74 Å². The van der Waals surface area contributed by atoms with E-state index in [1.54, 1.807) is 0 Å². The summed E-state index contributed by atoms with van der Waals surface area (Å²) in [7, 11) is 2.07. The van der Waals surface area contributed by atoms with Crippen molar-refractivity contribution in [3.8, 4) is 0 Å². The zero-order valence-corrected chi connectivity index (χ0v) is 12.5. The van der Waals surface area contributed by atoms with E-state index in [4.69, 9.17) is 4.74 Å². The highest BCUT2D eigenvalue weighted by Gasteiger charge is 2.17. The third-order valence-electron chi connectivity index (χ3n) is 4.32. The Balaban J connectivity index is 1.85. The number of nitrogens with one attached hydrogen (secondary N) is 1. The van der Waals surface area contributed by atoms with Crippen molar-refractivity contribution in [2.75, 3.05) is 13.7 Å². The lowest BCUT2D eigenvalue weighted by atomic mass is 9.97. The minimum atomic E-state index is 0.510. The first-order valence-corrected chi connectivity index (χ1v) is 7.54. The molecule has 1 aliphatic rings. The van der Waals surface area contributed by atoms with Gasteiger partial charge in [-0.25, -0.2) is 0 Å². The van der Waals surface area contributed by atoms with Crippen LogP contribution < -0.4 is 5.32 Å². The summed E-state index contributed by atoms with van der Waals surface area (Å²) in [6.07, 6.45) is 6.51. The van der Waals surface area contributed by atoms with Gasteiger partial charge in [-0.2, -0.15) is 0 Å². The van der Waals surface area contributed by atoms with Crippen LogP contribution in [0.5, 0.6) is 0 Å². The van der Waals surface area contributed by atoms with Crippen molar-refractivity contribution >= 4 is 0 Å². The Labute approximate surface area is 117 Å². The van der Waals surface area contributed by atoms with E-state index in [1.807, 2.05) is 0 Å². The lowest BCUT2D eigenvalue weighted by Gasteiger charge is -2.19. The molecule has 1 aromatic carbocycles. The van der Waals surface area contributed by atoms with Crippen LogP contribution in [0.2, 0.25) is 0 Å². The predicted octanol–water partition coefficient (Wildman–Crippen LogP) is 3.39. The molecule has 0 aliphatic carbocycles.